The third kappa shape index (κ3) is 4.40. The first kappa shape index (κ1) is 16.7. The smallest absolute Gasteiger partial charge is 0.292 e. The molecule has 1 amide bonds. The number of carbonyl (C=O) groups excluding carboxylic acids is 3. The van der Waals surface area contributed by atoms with Gasteiger partial charge in [-0.1, -0.05) is 23.7 Å². The Labute approximate surface area is 138 Å². The van der Waals surface area contributed by atoms with E-state index < -0.39 is 23.9 Å². The number of benzene rings is 2. The SMILES string of the molecule is COc1ccc(C(=O)CC(=O)C(=O)Nc2ccccc2Cl)cc1. The molecule has 0 radical (unpaired) electrons. The van der Waals surface area contributed by atoms with Gasteiger partial charge >= 0.3 is 0 Å². The van der Waals surface area contributed by atoms with Crippen molar-refractivity contribution in [3.05, 3.63) is 59.1 Å². The van der Waals surface area contributed by atoms with E-state index in [1.54, 1.807) is 48.5 Å². The van der Waals surface area contributed by atoms with Gasteiger partial charge in [0.25, 0.3) is 5.91 Å². The number of carbonyl (C=O) groups is 3. The first-order valence-electron chi connectivity index (χ1n) is 6.77. The van der Waals surface area contributed by atoms with E-state index in [1.807, 2.05) is 0 Å². The molecule has 0 aliphatic carbocycles. The Morgan fingerprint density at radius 2 is 1.70 bits per heavy atom. The summed E-state index contributed by atoms with van der Waals surface area (Å²) in [6, 6.07) is 12.8. The molecular weight excluding hydrogens is 318 g/mol. The molecule has 0 aliphatic rings. The van der Waals surface area contributed by atoms with Crippen LogP contribution in [0.2, 0.25) is 5.02 Å². The van der Waals surface area contributed by atoms with E-state index in [2.05, 4.69) is 5.32 Å². The monoisotopic (exact) mass is 331 g/mol. The zero-order valence-electron chi connectivity index (χ0n) is 12.3. The molecule has 2 aromatic rings. The fourth-order valence-corrected chi connectivity index (χ4v) is 2.04. The van der Waals surface area contributed by atoms with Crippen LogP contribution < -0.4 is 10.1 Å². The molecule has 0 heterocycles. The van der Waals surface area contributed by atoms with Crippen LogP contribution in [0.5, 0.6) is 5.75 Å². The molecule has 2 rings (SSSR count). The molecule has 0 aliphatic heterocycles. The van der Waals surface area contributed by atoms with E-state index in [-0.39, 0.29) is 0 Å². The van der Waals surface area contributed by atoms with Crippen LogP contribution in [-0.2, 0) is 9.59 Å². The fourth-order valence-electron chi connectivity index (χ4n) is 1.86. The lowest BCUT2D eigenvalue weighted by Crippen LogP contribution is -2.25. The second-order valence-electron chi connectivity index (χ2n) is 4.69. The van der Waals surface area contributed by atoms with E-state index in [0.29, 0.717) is 22.0 Å². The van der Waals surface area contributed by atoms with Gasteiger partial charge < -0.3 is 10.1 Å². The molecular formula is C17H14ClNO4. The highest BCUT2D eigenvalue weighted by atomic mass is 35.5. The van der Waals surface area contributed by atoms with Gasteiger partial charge in [-0.05, 0) is 36.4 Å². The van der Waals surface area contributed by atoms with E-state index >= 15 is 0 Å². The van der Waals surface area contributed by atoms with E-state index in [9.17, 15) is 14.4 Å². The minimum absolute atomic E-state index is 0.315. The molecule has 23 heavy (non-hydrogen) atoms. The number of ketones is 2. The molecule has 5 nitrogen and oxygen atoms in total. The molecule has 0 bridgehead atoms. The quantitative estimate of drug-likeness (QED) is 0.501. The van der Waals surface area contributed by atoms with Gasteiger partial charge in [-0.15, -0.1) is 0 Å². The van der Waals surface area contributed by atoms with Crippen LogP contribution in [0, 0.1) is 0 Å². The minimum Gasteiger partial charge on any atom is -0.497 e. The maximum atomic E-state index is 12.0. The standard InChI is InChI=1S/C17H14ClNO4/c1-23-12-8-6-11(7-9-12)15(20)10-16(21)17(22)19-14-5-3-2-4-13(14)18/h2-9H,10H2,1H3,(H,19,22). The van der Waals surface area contributed by atoms with Gasteiger partial charge in [-0.2, -0.15) is 0 Å². The van der Waals surface area contributed by atoms with Crippen LogP contribution in [0.1, 0.15) is 16.8 Å². The van der Waals surface area contributed by atoms with E-state index in [4.69, 9.17) is 16.3 Å². The molecule has 0 aromatic heterocycles. The van der Waals surface area contributed by atoms with Crippen molar-refractivity contribution in [3.63, 3.8) is 0 Å². The van der Waals surface area contributed by atoms with Crippen molar-refractivity contribution < 1.29 is 19.1 Å². The van der Waals surface area contributed by atoms with Gasteiger partial charge in [-0.3, -0.25) is 14.4 Å². The first-order chi connectivity index (χ1) is 11.0. The zero-order valence-corrected chi connectivity index (χ0v) is 13.1. The number of ether oxygens (including phenoxy) is 1. The summed E-state index contributed by atoms with van der Waals surface area (Å²) in [5.74, 6) is -1.54. The zero-order chi connectivity index (χ0) is 16.8. The molecule has 0 saturated carbocycles. The molecule has 1 N–H and O–H groups in total. The molecule has 0 fully saturated rings. The number of nitrogens with one attached hydrogen (secondary N) is 1. The number of anilines is 1. The number of para-hydroxylation sites is 1. The van der Waals surface area contributed by atoms with Crippen LogP contribution in [0.4, 0.5) is 5.69 Å². The third-order valence-electron chi connectivity index (χ3n) is 3.11. The van der Waals surface area contributed by atoms with Gasteiger partial charge in [-0.25, -0.2) is 0 Å². The summed E-state index contributed by atoms with van der Waals surface area (Å²) in [5, 5.41) is 2.71. The van der Waals surface area contributed by atoms with Crippen LogP contribution in [-0.4, -0.2) is 24.6 Å². The van der Waals surface area contributed by atoms with Gasteiger partial charge in [0.15, 0.2) is 5.78 Å². The summed E-state index contributed by atoms with van der Waals surface area (Å²) in [7, 11) is 1.51. The van der Waals surface area contributed by atoms with Crippen LogP contribution >= 0.6 is 11.6 Å². The topological polar surface area (TPSA) is 72.5 Å². The van der Waals surface area contributed by atoms with Gasteiger partial charge in [0.2, 0.25) is 5.78 Å². The highest BCUT2D eigenvalue weighted by molar-refractivity contribution is 6.45. The molecule has 0 spiro atoms. The molecule has 0 atom stereocenters. The summed E-state index contributed by atoms with van der Waals surface area (Å²) >= 11 is 5.90. The van der Waals surface area contributed by atoms with Gasteiger partial charge in [0, 0.05) is 5.56 Å². The summed E-state index contributed by atoms with van der Waals surface area (Å²) in [6.45, 7) is 0. The Balaban J connectivity index is 1.98. The average Bonchev–Trinajstić information content (AvgIpc) is 2.56. The number of amides is 1. The summed E-state index contributed by atoms with van der Waals surface area (Å²) < 4.78 is 4.99. The maximum Gasteiger partial charge on any atom is 0.292 e. The number of rotatable bonds is 6. The number of halogens is 1. The summed E-state index contributed by atoms with van der Waals surface area (Å²) in [4.78, 5) is 35.7. The lowest BCUT2D eigenvalue weighted by Gasteiger charge is -2.06. The van der Waals surface area contributed by atoms with Gasteiger partial charge in [0.05, 0.1) is 24.2 Å². The first-order valence-corrected chi connectivity index (χ1v) is 7.15. The van der Waals surface area contributed by atoms with Crippen molar-refractivity contribution in [1.29, 1.82) is 0 Å². The Morgan fingerprint density at radius 1 is 1.04 bits per heavy atom. The maximum absolute atomic E-state index is 12.0. The molecule has 118 valence electrons. The fraction of sp³-hybridized carbons (Fsp3) is 0.118. The lowest BCUT2D eigenvalue weighted by atomic mass is 10.1. The van der Waals surface area contributed by atoms with Crippen molar-refractivity contribution in [2.45, 2.75) is 6.42 Å². The number of hydrogen-bond donors (Lipinski definition) is 1. The van der Waals surface area contributed by atoms with E-state index in [1.165, 1.54) is 7.11 Å². The average molecular weight is 332 g/mol. The van der Waals surface area contributed by atoms with Crippen molar-refractivity contribution in [1.82, 2.24) is 0 Å². The Hall–Kier alpha value is -2.66. The number of methoxy groups -OCH3 is 1. The summed E-state index contributed by atoms with van der Waals surface area (Å²) in [5.41, 5.74) is 0.661. The number of Topliss-reactive ketones (excluding diaryl/α,β-unsaturated/α-hetero) is 2. The van der Waals surface area contributed by atoms with Crippen LogP contribution in [0.25, 0.3) is 0 Å². The van der Waals surface area contributed by atoms with E-state index in [0.717, 1.165) is 0 Å². The van der Waals surface area contributed by atoms with Crippen molar-refractivity contribution in [2.24, 2.45) is 0 Å². The lowest BCUT2D eigenvalue weighted by molar-refractivity contribution is -0.134. The molecule has 0 saturated heterocycles. The minimum atomic E-state index is -0.875. The van der Waals surface area contributed by atoms with Gasteiger partial charge in [0.1, 0.15) is 5.75 Å². The largest absolute Gasteiger partial charge is 0.497 e. The van der Waals surface area contributed by atoms with Crippen molar-refractivity contribution >= 4 is 34.8 Å². The molecule has 2 aromatic carbocycles. The summed E-state index contributed by atoms with van der Waals surface area (Å²) in [6.07, 6.45) is -0.511. The molecule has 6 heteroatoms. The highest BCUT2D eigenvalue weighted by Crippen LogP contribution is 2.20. The highest BCUT2D eigenvalue weighted by Gasteiger charge is 2.19. The van der Waals surface area contributed by atoms with Crippen molar-refractivity contribution in [3.8, 4) is 5.75 Å². The Morgan fingerprint density at radius 3 is 2.30 bits per heavy atom. The second kappa shape index (κ2) is 7.56. The molecule has 0 unspecified atom stereocenters. The van der Waals surface area contributed by atoms with Crippen LogP contribution in [0.3, 0.4) is 0 Å². The van der Waals surface area contributed by atoms with Crippen LogP contribution in [0.15, 0.2) is 48.5 Å². The van der Waals surface area contributed by atoms with Crippen molar-refractivity contribution in [2.75, 3.05) is 12.4 Å². The number of hydrogen-bond acceptors (Lipinski definition) is 4. The Kier molecular flexibility index (Phi) is 5.49. The second-order valence-corrected chi connectivity index (χ2v) is 5.09. The predicted octanol–water partition coefficient (Wildman–Crippen LogP) is 3.13. The Bertz CT molecular complexity index is 741. The third-order valence-corrected chi connectivity index (χ3v) is 3.44. The predicted molar refractivity (Wildman–Crippen MR) is 87.0 cm³/mol. The normalized spacial score (nSPS) is 10.0.